The highest BCUT2D eigenvalue weighted by molar-refractivity contribution is 5.84. The summed E-state index contributed by atoms with van der Waals surface area (Å²) < 4.78 is 5.74. The minimum Gasteiger partial charge on any atom is -0.484 e. The maximum absolute atomic E-state index is 12.6. The third-order valence-electron chi connectivity index (χ3n) is 5.46. The van der Waals surface area contributed by atoms with E-state index in [1.807, 2.05) is 66.4 Å². The van der Waals surface area contributed by atoms with Gasteiger partial charge in [0.1, 0.15) is 12.0 Å². The predicted molar refractivity (Wildman–Crippen MR) is 115 cm³/mol. The Bertz CT molecular complexity index is 1040. The van der Waals surface area contributed by atoms with Gasteiger partial charge in [0, 0.05) is 37.4 Å². The summed E-state index contributed by atoms with van der Waals surface area (Å²) in [6.07, 6.45) is 0.880. The first-order valence-corrected chi connectivity index (χ1v) is 9.84. The van der Waals surface area contributed by atoms with Gasteiger partial charge in [0.15, 0.2) is 6.61 Å². The second kappa shape index (κ2) is 8.35. The largest absolute Gasteiger partial charge is 0.484 e. The molecular formula is C24H24N2O3. The molecule has 29 heavy (non-hydrogen) atoms. The Hall–Kier alpha value is -3.34. The van der Waals surface area contributed by atoms with Crippen molar-refractivity contribution in [2.24, 2.45) is 0 Å². The average molecular weight is 388 g/mol. The minimum atomic E-state index is 0.00490. The maximum Gasteiger partial charge on any atom is 0.260 e. The van der Waals surface area contributed by atoms with Crippen LogP contribution in [0.3, 0.4) is 0 Å². The van der Waals surface area contributed by atoms with Gasteiger partial charge in [-0.05, 0) is 53.6 Å². The summed E-state index contributed by atoms with van der Waals surface area (Å²) in [5.74, 6) is 0.715. The fourth-order valence-corrected chi connectivity index (χ4v) is 3.70. The monoisotopic (exact) mass is 388 g/mol. The molecule has 1 aliphatic rings. The number of hydrogen-bond donors (Lipinski definition) is 0. The molecule has 0 saturated carbocycles. The van der Waals surface area contributed by atoms with Crippen molar-refractivity contribution in [2.45, 2.75) is 6.92 Å². The number of rotatable bonds is 5. The zero-order valence-corrected chi connectivity index (χ0v) is 16.5. The van der Waals surface area contributed by atoms with Crippen molar-refractivity contribution < 1.29 is 14.3 Å². The van der Waals surface area contributed by atoms with Crippen LogP contribution in [-0.4, -0.2) is 49.9 Å². The van der Waals surface area contributed by atoms with E-state index in [1.165, 1.54) is 0 Å². The third kappa shape index (κ3) is 4.24. The van der Waals surface area contributed by atoms with E-state index in [0.717, 1.165) is 41.4 Å². The number of aryl methyl sites for hydroxylation is 1. The smallest absolute Gasteiger partial charge is 0.260 e. The molecule has 4 rings (SSSR count). The van der Waals surface area contributed by atoms with Crippen LogP contribution in [0.4, 0.5) is 5.69 Å². The van der Waals surface area contributed by atoms with Crippen LogP contribution in [0.5, 0.6) is 5.75 Å². The van der Waals surface area contributed by atoms with Crippen LogP contribution in [0, 0.1) is 6.92 Å². The number of carbonyl (C=O) groups excluding carboxylic acids is 2. The molecule has 0 unspecified atom stereocenters. The molecule has 0 radical (unpaired) electrons. The molecule has 1 heterocycles. The van der Waals surface area contributed by atoms with Crippen molar-refractivity contribution in [3.05, 3.63) is 71.8 Å². The number of hydrogen-bond acceptors (Lipinski definition) is 4. The number of piperazine rings is 1. The molecule has 148 valence electrons. The van der Waals surface area contributed by atoms with Gasteiger partial charge in [-0.25, -0.2) is 0 Å². The first-order chi connectivity index (χ1) is 14.1. The molecule has 1 saturated heterocycles. The zero-order valence-electron chi connectivity index (χ0n) is 16.5. The SMILES string of the molecule is Cc1cc(N2CCN(C(=O)COc3ccc4ccccc4c3)CC2)ccc1C=O. The molecule has 0 bridgehead atoms. The van der Waals surface area contributed by atoms with Crippen LogP contribution < -0.4 is 9.64 Å². The summed E-state index contributed by atoms with van der Waals surface area (Å²) in [7, 11) is 0. The van der Waals surface area contributed by atoms with Crippen LogP contribution in [-0.2, 0) is 4.79 Å². The summed E-state index contributed by atoms with van der Waals surface area (Å²) in [6.45, 7) is 4.84. The Morgan fingerprint density at radius 2 is 1.72 bits per heavy atom. The van der Waals surface area contributed by atoms with E-state index in [-0.39, 0.29) is 12.5 Å². The highest BCUT2D eigenvalue weighted by atomic mass is 16.5. The molecule has 0 aliphatic carbocycles. The van der Waals surface area contributed by atoms with Gasteiger partial charge in [0.25, 0.3) is 5.91 Å². The predicted octanol–water partition coefficient (Wildman–Crippen LogP) is 3.69. The standard InChI is InChI=1S/C24H24N2O3/c1-18-14-22(8-6-21(18)16-27)25-10-12-26(13-11-25)24(28)17-29-23-9-7-19-4-2-3-5-20(19)15-23/h2-9,14-16H,10-13,17H2,1H3. The zero-order chi connectivity index (χ0) is 20.2. The summed E-state index contributed by atoms with van der Waals surface area (Å²) in [6, 6.07) is 19.8. The lowest BCUT2D eigenvalue weighted by molar-refractivity contribution is -0.133. The maximum atomic E-state index is 12.6. The van der Waals surface area contributed by atoms with Gasteiger partial charge >= 0.3 is 0 Å². The van der Waals surface area contributed by atoms with E-state index in [2.05, 4.69) is 11.0 Å². The molecule has 5 heteroatoms. The number of aldehydes is 1. The molecule has 0 N–H and O–H groups in total. The van der Waals surface area contributed by atoms with Gasteiger partial charge < -0.3 is 14.5 Å². The van der Waals surface area contributed by atoms with Crippen LogP contribution in [0.2, 0.25) is 0 Å². The fraction of sp³-hybridized carbons (Fsp3) is 0.250. The third-order valence-corrected chi connectivity index (χ3v) is 5.46. The Morgan fingerprint density at radius 3 is 2.45 bits per heavy atom. The van der Waals surface area contributed by atoms with Crippen LogP contribution in [0.25, 0.3) is 10.8 Å². The molecule has 5 nitrogen and oxygen atoms in total. The summed E-state index contributed by atoms with van der Waals surface area (Å²) >= 11 is 0. The van der Waals surface area contributed by atoms with Crippen LogP contribution in [0.1, 0.15) is 15.9 Å². The normalized spacial score (nSPS) is 14.1. The van der Waals surface area contributed by atoms with Crippen molar-refractivity contribution in [2.75, 3.05) is 37.7 Å². The van der Waals surface area contributed by atoms with Crippen molar-refractivity contribution in [1.82, 2.24) is 4.90 Å². The Labute approximate surface area is 170 Å². The summed E-state index contributed by atoms with van der Waals surface area (Å²) in [4.78, 5) is 27.6. The summed E-state index contributed by atoms with van der Waals surface area (Å²) in [5, 5.41) is 2.25. The molecule has 0 spiro atoms. The second-order valence-electron chi connectivity index (χ2n) is 7.32. The van der Waals surface area contributed by atoms with Gasteiger partial charge in [-0.1, -0.05) is 30.3 Å². The van der Waals surface area contributed by atoms with Crippen LogP contribution in [0.15, 0.2) is 60.7 Å². The number of carbonyl (C=O) groups is 2. The lowest BCUT2D eigenvalue weighted by Crippen LogP contribution is -2.50. The number of nitrogens with zero attached hydrogens (tertiary/aromatic N) is 2. The highest BCUT2D eigenvalue weighted by Gasteiger charge is 2.22. The minimum absolute atomic E-state index is 0.00490. The van der Waals surface area contributed by atoms with Gasteiger partial charge in [-0.15, -0.1) is 0 Å². The van der Waals surface area contributed by atoms with E-state index in [1.54, 1.807) is 0 Å². The Kier molecular flexibility index (Phi) is 5.47. The van der Waals surface area contributed by atoms with Crippen molar-refractivity contribution in [3.8, 4) is 5.75 Å². The average Bonchev–Trinajstić information content (AvgIpc) is 2.77. The number of benzene rings is 3. The lowest BCUT2D eigenvalue weighted by Gasteiger charge is -2.36. The van der Waals surface area contributed by atoms with Crippen molar-refractivity contribution in [3.63, 3.8) is 0 Å². The number of anilines is 1. The molecule has 0 atom stereocenters. The fourth-order valence-electron chi connectivity index (χ4n) is 3.70. The second-order valence-corrected chi connectivity index (χ2v) is 7.32. The van der Waals surface area contributed by atoms with Crippen molar-refractivity contribution >= 4 is 28.7 Å². The van der Waals surface area contributed by atoms with E-state index >= 15 is 0 Å². The summed E-state index contributed by atoms with van der Waals surface area (Å²) in [5.41, 5.74) is 2.78. The lowest BCUT2D eigenvalue weighted by atomic mass is 10.1. The van der Waals surface area contributed by atoms with Gasteiger partial charge in [0.2, 0.25) is 0 Å². The quantitative estimate of drug-likeness (QED) is 0.626. The highest BCUT2D eigenvalue weighted by Crippen LogP contribution is 2.22. The number of ether oxygens (including phenoxy) is 1. The van der Waals surface area contributed by atoms with E-state index in [9.17, 15) is 9.59 Å². The van der Waals surface area contributed by atoms with Crippen molar-refractivity contribution in [1.29, 1.82) is 0 Å². The van der Waals surface area contributed by atoms with Gasteiger partial charge in [-0.2, -0.15) is 0 Å². The van der Waals surface area contributed by atoms with E-state index in [0.29, 0.717) is 24.4 Å². The number of amides is 1. The number of fused-ring (bicyclic) bond motifs is 1. The Balaban J connectivity index is 1.31. The first-order valence-electron chi connectivity index (χ1n) is 9.84. The molecule has 1 aliphatic heterocycles. The first kappa shape index (κ1) is 19.0. The van der Waals surface area contributed by atoms with Gasteiger partial charge in [0.05, 0.1) is 0 Å². The molecule has 1 amide bonds. The topological polar surface area (TPSA) is 49.9 Å². The molecule has 3 aromatic carbocycles. The molecule has 0 aromatic heterocycles. The Morgan fingerprint density at radius 1 is 0.966 bits per heavy atom. The molecule has 1 fully saturated rings. The van der Waals surface area contributed by atoms with E-state index < -0.39 is 0 Å². The molecule has 3 aromatic rings. The van der Waals surface area contributed by atoms with E-state index in [4.69, 9.17) is 4.74 Å². The van der Waals surface area contributed by atoms with Crippen LogP contribution >= 0.6 is 0 Å². The van der Waals surface area contributed by atoms with Gasteiger partial charge in [-0.3, -0.25) is 9.59 Å². The molecular weight excluding hydrogens is 364 g/mol.